The first kappa shape index (κ1) is 11.7. The van der Waals surface area contributed by atoms with Gasteiger partial charge in [0.25, 0.3) is 0 Å². The molecule has 4 nitrogen and oxygen atoms in total. The predicted molar refractivity (Wildman–Crippen MR) is 74.0 cm³/mol. The van der Waals surface area contributed by atoms with Gasteiger partial charge in [-0.05, 0) is 42.0 Å². The highest BCUT2D eigenvalue weighted by Crippen LogP contribution is 2.23. The maximum atomic E-state index is 9.13. The van der Waals surface area contributed by atoms with Crippen molar-refractivity contribution in [1.82, 2.24) is 9.97 Å². The Bertz CT molecular complexity index is 702. The molecule has 3 aromatic rings. The summed E-state index contributed by atoms with van der Waals surface area (Å²) >= 11 is 0. The second-order valence-electron chi connectivity index (χ2n) is 4.32. The van der Waals surface area contributed by atoms with E-state index in [9.17, 15) is 0 Å². The van der Waals surface area contributed by atoms with Crippen molar-refractivity contribution in [3.63, 3.8) is 0 Å². The van der Waals surface area contributed by atoms with Crippen LogP contribution in [0.15, 0.2) is 42.5 Å². The minimum Gasteiger partial charge on any atom is -0.497 e. The lowest BCUT2D eigenvalue weighted by Crippen LogP contribution is -1.83. The first-order valence-electron chi connectivity index (χ1n) is 6.04. The van der Waals surface area contributed by atoms with Gasteiger partial charge in [-0.25, -0.2) is 4.98 Å². The Morgan fingerprint density at radius 1 is 1.16 bits per heavy atom. The molecule has 0 bridgehead atoms. The Morgan fingerprint density at radius 3 is 2.63 bits per heavy atom. The van der Waals surface area contributed by atoms with Crippen molar-refractivity contribution < 1.29 is 9.84 Å². The Hall–Kier alpha value is -2.33. The molecule has 19 heavy (non-hydrogen) atoms. The Labute approximate surface area is 110 Å². The van der Waals surface area contributed by atoms with Gasteiger partial charge in [-0.15, -0.1) is 0 Å². The number of rotatable bonds is 3. The van der Waals surface area contributed by atoms with Crippen LogP contribution in [0, 0.1) is 0 Å². The van der Waals surface area contributed by atoms with E-state index in [1.165, 1.54) is 0 Å². The number of aromatic amines is 1. The van der Waals surface area contributed by atoms with E-state index in [-0.39, 0.29) is 6.61 Å². The van der Waals surface area contributed by atoms with Gasteiger partial charge in [0.05, 0.1) is 24.8 Å². The highest BCUT2D eigenvalue weighted by Gasteiger charge is 2.06. The molecule has 0 radical (unpaired) electrons. The van der Waals surface area contributed by atoms with Crippen molar-refractivity contribution in [2.24, 2.45) is 0 Å². The molecule has 0 aliphatic carbocycles. The van der Waals surface area contributed by atoms with Crippen molar-refractivity contribution in [2.45, 2.75) is 6.61 Å². The smallest absolute Gasteiger partial charge is 0.138 e. The second-order valence-corrected chi connectivity index (χ2v) is 4.32. The van der Waals surface area contributed by atoms with Gasteiger partial charge in [0.2, 0.25) is 0 Å². The zero-order valence-electron chi connectivity index (χ0n) is 10.6. The van der Waals surface area contributed by atoms with Crippen molar-refractivity contribution in [1.29, 1.82) is 0 Å². The summed E-state index contributed by atoms with van der Waals surface area (Å²) in [6, 6.07) is 13.4. The molecule has 0 fully saturated rings. The maximum absolute atomic E-state index is 9.13. The SMILES string of the molecule is COc1ccc(-c2nc3ccc(CO)cc3[nH]2)cc1. The molecule has 2 N–H and O–H groups in total. The molecule has 0 atom stereocenters. The fourth-order valence-electron chi connectivity index (χ4n) is 2.04. The highest BCUT2D eigenvalue weighted by molar-refractivity contribution is 5.80. The standard InChI is InChI=1S/C15H14N2O2/c1-19-12-5-3-11(4-6-12)15-16-13-7-2-10(9-18)8-14(13)17-15/h2-8,18H,9H2,1H3,(H,16,17). The molecular weight excluding hydrogens is 240 g/mol. The fraction of sp³-hybridized carbons (Fsp3) is 0.133. The van der Waals surface area contributed by atoms with Crippen LogP contribution in [0.5, 0.6) is 5.75 Å². The third kappa shape index (κ3) is 2.18. The van der Waals surface area contributed by atoms with Gasteiger partial charge in [-0.3, -0.25) is 0 Å². The summed E-state index contributed by atoms with van der Waals surface area (Å²) in [5.74, 6) is 1.63. The van der Waals surface area contributed by atoms with Gasteiger partial charge in [0, 0.05) is 5.56 Å². The number of hydrogen-bond acceptors (Lipinski definition) is 3. The van der Waals surface area contributed by atoms with Crippen LogP contribution >= 0.6 is 0 Å². The molecule has 0 aliphatic rings. The maximum Gasteiger partial charge on any atom is 0.138 e. The van der Waals surface area contributed by atoms with E-state index in [2.05, 4.69) is 9.97 Å². The zero-order chi connectivity index (χ0) is 13.2. The minimum atomic E-state index is 0.0346. The topological polar surface area (TPSA) is 58.1 Å². The van der Waals surface area contributed by atoms with Crippen molar-refractivity contribution in [2.75, 3.05) is 7.11 Å². The van der Waals surface area contributed by atoms with Gasteiger partial charge < -0.3 is 14.8 Å². The number of methoxy groups -OCH3 is 1. The summed E-state index contributed by atoms with van der Waals surface area (Å²) in [5, 5.41) is 9.13. The quantitative estimate of drug-likeness (QED) is 0.755. The molecule has 1 heterocycles. The normalized spacial score (nSPS) is 10.8. The third-order valence-corrected chi connectivity index (χ3v) is 3.09. The summed E-state index contributed by atoms with van der Waals surface area (Å²) < 4.78 is 5.14. The summed E-state index contributed by atoms with van der Waals surface area (Å²) in [4.78, 5) is 7.80. The number of nitrogens with one attached hydrogen (secondary N) is 1. The number of H-pyrrole nitrogens is 1. The van der Waals surface area contributed by atoms with Crippen LogP contribution in [0.4, 0.5) is 0 Å². The first-order valence-corrected chi connectivity index (χ1v) is 6.04. The van der Waals surface area contributed by atoms with E-state index in [0.29, 0.717) is 0 Å². The number of aromatic nitrogens is 2. The van der Waals surface area contributed by atoms with Crippen molar-refractivity contribution in [3.8, 4) is 17.1 Å². The van der Waals surface area contributed by atoms with Crippen LogP contribution in [0.2, 0.25) is 0 Å². The highest BCUT2D eigenvalue weighted by atomic mass is 16.5. The molecule has 0 amide bonds. The number of aliphatic hydroxyl groups excluding tert-OH is 1. The molecule has 0 spiro atoms. The first-order chi connectivity index (χ1) is 9.30. The molecule has 4 heteroatoms. The Balaban J connectivity index is 2.04. The molecule has 96 valence electrons. The van der Waals surface area contributed by atoms with Gasteiger partial charge in [0.15, 0.2) is 0 Å². The van der Waals surface area contributed by atoms with Crippen LogP contribution in [0.25, 0.3) is 22.4 Å². The van der Waals surface area contributed by atoms with Crippen molar-refractivity contribution >= 4 is 11.0 Å². The van der Waals surface area contributed by atoms with E-state index in [1.807, 2.05) is 42.5 Å². The number of fused-ring (bicyclic) bond motifs is 1. The summed E-state index contributed by atoms with van der Waals surface area (Å²) in [7, 11) is 1.65. The van der Waals surface area contributed by atoms with Crippen LogP contribution in [-0.4, -0.2) is 22.2 Å². The largest absolute Gasteiger partial charge is 0.497 e. The van der Waals surface area contributed by atoms with E-state index < -0.39 is 0 Å². The molecular formula is C15H14N2O2. The molecule has 0 aliphatic heterocycles. The zero-order valence-corrected chi connectivity index (χ0v) is 10.6. The molecule has 0 saturated heterocycles. The average Bonchev–Trinajstić information content (AvgIpc) is 2.90. The lowest BCUT2D eigenvalue weighted by molar-refractivity contribution is 0.282. The molecule has 1 aromatic heterocycles. The number of nitrogens with zero attached hydrogens (tertiary/aromatic N) is 1. The number of ether oxygens (including phenoxy) is 1. The Morgan fingerprint density at radius 2 is 1.95 bits per heavy atom. The number of aliphatic hydroxyl groups is 1. The van der Waals surface area contributed by atoms with E-state index in [0.717, 1.165) is 33.7 Å². The summed E-state index contributed by atoms with van der Waals surface area (Å²) in [6.45, 7) is 0.0346. The lowest BCUT2D eigenvalue weighted by Gasteiger charge is -2.00. The summed E-state index contributed by atoms with van der Waals surface area (Å²) in [5.41, 5.74) is 3.69. The third-order valence-electron chi connectivity index (χ3n) is 3.09. The second kappa shape index (κ2) is 4.74. The number of hydrogen-bond donors (Lipinski definition) is 2. The summed E-state index contributed by atoms with van der Waals surface area (Å²) in [6.07, 6.45) is 0. The van der Waals surface area contributed by atoms with Crippen molar-refractivity contribution in [3.05, 3.63) is 48.0 Å². The average molecular weight is 254 g/mol. The lowest BCUT2D eigenvalue weighted by atomic mass is 10.2. The minimum absolute atomic E-state index is 0.0346. The van der Waals surface area contributed by atoms with Crippen LogP contribution in [0.3, 0.4) is 0 Å². The van der Waals surface area contributed by atoms with Crippen LogP contribution in [0.1, 0.15) is 5.56 Å². The Kier molecular flexibility index (Phi) is 2.93. The molecule has 3 rings (SSSR count). The van der Waals surface area contributed by atoms with Crippen LogP contribution < -0.4 is 4.74 Å². The molecule has 0 unspecified atom stereocenters. The number of benzene rings is 2. The van der Waals surface area contributed by atoms with Gasteiger partial charge in [-0.2, -0.15) is 0 Å². The van der Waals surface area contributed by atoms with Gasteiger partial charge >= 0.3 is 0 Å². The van der Waals surface area contributed by atoms with Gasteiger partial charge in [0.1, 0.15) is 11.6 Å². The predicted octanol–water partition coefficient (Wildman–Crippen LogP) is 2.73. The number of imidazole rings is 1. The fourth-order valence-corrected chi connectivity index (χ4v) is 2.04. The molecule has 2 aromatic carbocycles. The van der Waals surface area contributed by atoms with Gasteiger partial charge in [-0.1, -0.05) is 6.07 Å². The monoisotopic (exact) mass is 254 g/mol. The van der Waals surface area contributed by atoms with E-state index in [1.54, 1.807) is 7.11 Å². The van der Waals surface area contributed by atoms with E-state index >= 15 is 0 Å². The van der Waals surface area contributed by atoms with Crippen LogP contribution in [-0.2, 0) is 6.61 Å². The van der Waals surface area contributed by atoms with E-state index in [4.69, 9.17) is 9.84 Å². The molecule has 0 saturated carbocycles.